The van der Waals surface area contributed by atoms with Crippen LogP contribution in [0.5, 0.6) is 0 Å². The number of piperazine rings is 1. The Morgan fingerprint density at radius 1 is 1.31 bits per heavy atom. The van der Waals surface area contributed by atoms with Gasteiger partial charge in [0.25, 0.3) is 0 Å². The molecule has 0 atom stereocenters. The van der Waals surface area contributed by atoms with Gasteiger partial charge in [-0.3, -0.25) is 0 Å². The van der Waals surface area contributed by atoms with Crippen molar-refractivity contribution in [3.05, 3.63) is 41.0 Å². The lowest BCUT2D eigenvalue weighted by molar-refractivity contribution is 0.372. The molecule has 2 heterocycles. The molecule has 0 saturated carbocycles. The van der Waals surface area contributed by atoms with Gasteiger partial charge < -0.3 is 15.1 Å². The molecule has 1 aliphatic heterocycles. The van der Waals surface area contributed by atoms with E-state index in [2.05, 4.69) is 36.4 Å². The highest BCUT2D eigenvalue weighted by molar-refractivity contribution is 14.0. The molecule has 1 aromatic heterocycles. The minimum atomic E-state index is -0.341. The van der Waals surface area contributed by atoms with Crippen LogP contribution in [0.25, 0.3) is 0 Å². The number of rotatable bonds is 5. The molecule has 1 aromatic carbocycles. The molecule has 0 spiro atoms. The van der Waals surface area contributed by atoms with Crippen molar-refractivity contribution in [3.8, 4) is 6.07 Å². The maximum absolute atomic E-state index is 14.0. The quantitative estimate of drug-likeness (QED) is 0.365. The summed E-state index contributed by atoms with van der Waals surface area (Å²) < 4.78 is 18.4. The van der Waals surface area contributed by atoms with Crippen LogP contribution in [0.4, 0.5) is 9.52 Å². The molecule has 3 rings (SSSR count). The Morgan fingerprint density at radius 3 is 2.69 bits per heavy atom. The number of halogens is 2. The lowest BCUT2D eigenvalue weighted by Gasteiger charge is -2.36. The van der Waals surface area contributed by atoms with Crippen LogP contribution in [0.3, 0.4) is 0 Å². The summed E-state index contributed by atoms with van der Waals surface area (Å²) in [5.41, 5.74) is 0.864. The van der Waals surface area contributed by atoms with Gasteiger partial charge in [-0.15, -0.1) is 24.0 Å². The Labute approximate surface area is 191 Å². The van der Waals surface area contributed by atoms with E-state index in [-0.39, 0.29) is 36.3 Å². The maximum atomic E-state index is 14.0. The zero-order valence-electron chi connectivity index (χ0n) is 16.6. The predicted octanol–water partition coefficient (Wildman–Crippen LogP) is 3.02. The average Bonchev–Trinajstić information content (AvgIpc) is 3.21. The van der Waals surface area contributed by atoms with E-state index in [4.69, 9.17) is 5.26 Å². The Balaban J connectivity index is 0.00000300. The van der Waals surface area contributed by atoms with Gasteiger partial charge >= 0.3 is 0 Å². The number of aromatic nitrogens is 2. The number of hydrogen-bond acceptors (Lipinski definition) is 6. The molecule has 1 fully saturated rings. The first kappa shape index (κ1) is 23.3. The van der Waals surface area contributed by atoms with Crippen LogP contribution in [-0.2, 0) is 13.0 Å². The Hall–Kier alpha value is -2.00. The van der Waals surface area contributed by atoms with Crippen molar-refractivity contribution in [2.45, 2.75) is 26.8 Å². The highest BCUT2D eigenvalue weighted by atomic mass is 127. The zero-order chi connectivity index (χ0) is 19.9. The minimum Gasteiger partial charge on any atom is -0.357 e. The van der Waals surface area contributed by atoms with Crippen molar-refractivity contribution in [1.29, 1.82) is 5.26 Å². The van der Waals surface area contributed by atoms with Crippen molar-refractivity contribution < 1.29 is 4.39 Å². The summed E-state index contributed by atoms with van der Waals surface area (Å²) in [5, 5.41) is 13.3. The van der Waals surface area contributed by atoms with Crippen LogP contribution >= 0.6 is 35.5 Å². The van der Waals surface area contributed by atoms with E-state index in [9.17, 15) is 4.39 Å². The molecule has 156 valence electrons. The molecule has 0 radical (unpaired) electrons. The summed E-state index contributed by atoms with van der Waals surface area (Å²) in [6.45, 7) is 8.26. The first-order valence-electron chi connectivity index (χ1n) is 9.43. The Bertz CT molecular complexity index is 872. The van der Waals surface area contributed by atoms with E-state index in [1.54, 1.807) is 6.07 Å². The van der Waals surface area contributed by atoms with E-state index in [0.717, 1.165) is 56.1 Å². The van der Waals surface area contributed by atoms with Crippen LogP contribution in [-0.4, -0.2) is 52.9 Å². The zero-order valence-corrected chi connectivity index (χ0v) is 19.7. The van der Waals surface area contributed by atoms with E-state index < -0.39 is 0 Å². The summed E-state index contributed by atoms with van der Waals surface area (Å²) in [6.07, 6.45) is 0.844. The van der Waals surface area contributed by atoms with Crippen LogP contribution < -0.4 is 10.2 Å². The van der Waals surface area contributed by atoms with E-state index in [0.29, 0.717) is 11.1 Å². The van der Waals surface area contributed by atoms with Gasteiger partial charge in [-0.2, -0.15) is 9.64 Å². The van der Waals surface area contributed by atoms with Crippen LogP contribution in [0.15, 0.2) is 23.2 Å². The van der Waals surface area contributed by atoms with Gasteiger partial charge in [0, 0.05) is 56.2 Å². The number of aryl methyl sites for hydroxylation is 1. The summed E-state index contributed by atoms with van der Waals surface area (Å²) in [6, 6.07) is 6.39. The third-order valence-corrected chi connectivity index (χ3v) is 5.35. The normalized spacial score (nSPS) is 14.3. The van der Waals surface area contributed by atoms with Crippen molar-refractivity contribution in [2.75, 3.05) is 37.6 Å². The number of anilines is 1. The predicted molar refractivity (Wildman–Crippen MR) is 124 cm³/mol. The molecule has 1 aliphatic rings. The fourth-order valence-electron chi connectivity index (χ4n) is 2.98. The smallest absolute Gasteiger partial charge is 0.205 e. The molecule has 0 bridgehead atoms. The molecule has 10 heteroatoms. The van der Waals surface area contributed by atoms with Gasteiger partial charge in [-0.25, -0.2) is 14.4 Å². The maximum Gasteiger partial charge on any atom is 0.205 e. The van der Waals surface area contributed by atoms with Crippen molar-refractivity contribution >= 4 is 46.6 Å². The second kappa shape index (κ2) is 11.3. The van der Waals surface area contributed by atoms with E-state index in [1.807, 2.05) is 13.0 Å². The lowest BCUT2D eigenvalue weighted by Crippen LogP contribution is -2.52. The van der Waals surface area contributed by atoms with Gasteiger partial charge in [0.2, 0.25) is 5.13 Å². The summed E-state index contributed by atoms with van der Waals surface area (Å²) in [5.74, 6) is 1.31. The number of nitriles is 1. The number of guanidine groups is 1. The molecule has 0 aliphatic carbocycles. The van der Waals surface area contributed by atoms with Crippen LogP contribution in [0.2, 0.25) is 0 Å². The molecule has 2 aromatic rings. The van der Waals surface area contributed by atoms with Crippen molar-refractivity contribution in [2.24, 2.45) is 4.99 Å². The molecule has 0 amide bonds. The van der Waals surface area contributed by atoms with E-state index >= 15 is 0 Å². The fourth-order valence-corrected chi connectivity index (χ4v) is 3.78. The van der Waals surface area contributed by atoms with Gasteiger partial charge in [-0.1, -0.05) is 6.92 Å². The molecule has 29 heavy (non-hydrogen) atoms. The number of nitrogens with zero attached hydrogens (tertiary/aromatic N) is 6. The second-order valence-electron chi connectivity index (χ2n) is 6.41. The SMILES string of the molecule is CCNC(=NCc1cc(C#N)ccc1F)N1CCN(c2nc(CC)ns2)CC1.I. The summed E-state index contributed by atoms with van der Waals surface area (Å²) >= 11 is 1.45. The minimum absolute atomic E-state index is 0. The van der Waals surface area contributed by atoms with Crippen molar-refractivity contribution in [1.82, 2.24) is 19.6 Å². The topological polar surface area (TPSA) is 80.4 Å². The number of nitrogens with one attached hydrogen (secondary N) is 1. The third kappa shape index (κ3) is 5.99. The standard InChI is InChI=1S/C19H24FN7S.HI/c1-3-17-24-19(28-25-17)27-9-7-26(8-10-27)18(22-4-2)23-13-15-11-14(12-21)5-6-16(15)20;/h5-6,11H,3-4,7-10,13H2,1-2H3,(H,22,23);1H. The molecule has 1 N–H and O–H groups in total. The highest BCUT2D eigenvalue weighted by Gasteiger charge is 2.22. The Kier molecular flexibility index (Phi) is 9.03. The van der Waals surface area contributed by atoms with Gasteiger partial charge in [0.1, 0.15) is 11.6 Å². The van der Waals surface area contributed by atoms with Crippen molar-refractivity contribution in [3.63, 3.8) is 0 Å². The van der Waals surface area contributed by atoms with Gasteiger partial charge in [-0.05, 0) is 25.1 Å². The first-order chi connectivity index (χ1) is 13.6. The third-order valence-electron chi connectivity index (χ3n) is 4.53. The largest absolute Gasteiger partial charge is 0.357 e. The average molecular weight is 529 g/mol. The van der Waals surface area contributed by atoms with Gasteiger partial charge in [0.05, 0.1) is 18.2 Å². The van der Waals surface area contributed by atoms with Crippen LogP contribution in [0.1, 0.15) is 30.8 Å². The molecule has 0 unspecified atom stereocenters. The molecule has 7 nitrogen and oxygen atoms in total. The Morgan fingerprint density at radius 2 is 2.07 bits per heavy atom. The summed E-state index contributed by atoms with van der Waals surface area (Å²) in [4.78, 5) is 13.6. The molecular formula is C19H25FIN7S. The summed E-state index contributed by atoms with van der Waals surface area (Å²) in [7, 11) is 0. The monoisotopic (exact) mass is 529 g/mol. The molecule has 1 saturated heterocycles. The molecular weight excluding hydrogens is 504 g/mol. The first-order valence-corrected chi connectivity index (χ1v) is 10.2. The van der Waals surface area contributed by atoms with Gasteiger partial charge in [0.15, 0.2) is 5.96 Å². The second-order valence-corrected chi connectivity index (χ2v) is 7.14. The highest BCUT2D eigenvalue weighted by Crippen LogP contribution is 2.19. The number of aliphatic imine (C=N–C) groups is 1. The lowest BCUT2D eigenvalue weighted by atomic mass is 10.1. The fraction of sp³-hybridized carbons (Fsp3) is 0.474. The van der Waals surface area contributed by atoms with Crippen LogP contribution in [0, 0.1) is 17.1 Å². The number of hydrogen-bond donors (Lipinski definition) is 1. The van der Waals surface area contributed by atoms with E-state index in [1.165, 1.54) is 23.7 Å². The number of benzene rings is 1.